The van der Waals surface area contributed by atoms with Crippen LogP contribution in [0.25, 0.3) is 0 Å². The molecular formula is C16H21ClN2O3S. The lowest BCUT2D eigenvalue weighted by Gasteiger charge is -2.35. The number of carbonyl (C=O) groups excluding carboxylic acids is 1. The number of sulfonamides is 1. The second-order valence-electron chi connectivity index (χ2n) is 6.15. The molecule has 23 heavy (non-hydrogen) atoms. The number of piperazine rings is 1. The Bertz CT molecular complexity index is 678. The Labute approximate surface area is 142 Å². The summed E-state index contributed by atoms with van der Waals surface area (Å²) in [6.07, 6.45) is 3.53. The van der Waals surface area contributed by atoms with Crippen LogP contribution >= 0.6 is 11.6 Å². The van der Waals surface area contributed by atoms with Gasteiger partial charge in [0.25, 0.3) is 5.91 Å². The molecule has 7 heteroatoms. The first-order valence-corrected chi connectivity index (χ1v) is 9.90. The predicted molar refractivity (Wildman–Crippen MR) is 90.1 cm³/mol. The van der Waals surface area contributed by atoms with Crippen molar-refractivity contribution >= 4 is 27.5 Å². The number of halogens is 1. The zero-order valence-corrected chi connectivity index (χ0v) is 14.5. The Hall–Kier alpha value is -1.11. The molecule has 0 bridgehead atoms. The molecule has 0 aromatic heterocycles. The van der Waals surface area contributed by atoms with E-state index in [9.17, 15) is 13.2 Å². The van der Waals surface area contributed by atoms with Crippen LogP contribution in [0.5, 0.6) is 0 Å². The van der Waals surface area contributed by atoms with Crippen LogP contribution in [0.15, 0.2) is 24.3 Å². The quantitative estimate of drug-likeness (QED) is 0.835. The van der Waals surface area contributed by atoms with Gasteiger partial charge in [-0.3, -0.25) is 4.79 Å². The summed E-state index contributed by atoms with van der Waals surface area (Å²) >= 11 is 5.93. The highest BCUT2D eigenvalue weighted by Gasteiger charge is 2.36. The molecule has 1 aliphatic carbocycles. The van der Waals surface area contributed by atoms with Crippen molar-refractivity contribution in [2.75, 3.05) is 26.2 Å². The van der Waals surface area contributed by atoms with E-state index in [1.165, 1.54) is 0 Å². The Morgan fingerprint density at radius 2 is 1.74 bits per heavy atom. The van der Waals surface area contributed by atoms with Crippen LogP contribution in [0.2, 0.25) is 5.02 Å². The van der Waals surface area contributed by atoms with E-state index in [1.807, 2.05) is 0 Å². The SMILES string of the molecule is O=C(c1cccc(Cl)c1)N1CCN(S(=O)(=O)C2CCCC2)CC1. The van der Waals surface area contributed by atoms with E-state index in [-0.39, 0.29) is 11.2 Å². The van der Waals surface area contributed by atoms with E-state index in [2.05, 4.69) is 0 Å². The van der Waals surface area contributed by atoms with Gasteiger partial charge in [0.2, 0.25) is 10.0 Å². The summed E-state index contributed by atoms with van der Waals surface area (Å²) in [7, 11) is -3.21. The minimum absolute atomic E-state index is 0.0922. The van der Waals surface area contributed by atoms with Gasteiger partial charge in [-0.15, -0.1) is 0 Å². The maximum atomic E-state index is 12.6. The standard InChI is InChI=1S/C16H21ClN2O3S/c17-14-5-3-4-13(12-14)16(20)18-8-10-19(11-9-18)23(21,22)15-6-1-2-7-15/h3-5,12,15H,1-2,6-11H2. The topological polar surface area (TPSA) is 57.7 Å². The van der Waals surface area contributed by atoms with E-state index >= 15 is 0 Å². The van der Waals surface area contributed by atoms with Gasteiger partial charge < -0.3 is 4.90 Å². The van der Waals surface area contributed by atoms with E-state index in [1.54, 1.807) is 33.5 Å². The lowest BCUT2D eigenvalue weighted by atomic mass is 10.2. The summed E-state index contributed by atoms with van der Waals surface area (Å²) in [5.74, 6) is -0.0922. The van der Waals surface area contributed by atoms with Crippen molar-refractivity contribution in [1.82, 2.24) is 9.21 Å². The fraction of sp³-hybridized carbons (Fsp3) is 0.562. The van der Waals surface area contributed by atoms with Gasteiger partial charge in [-0.2, -0.15) is 4.31 Å². The van der Waals surface area contributed by atoms with E-state index in [0.717, 1.165) is 25.7 Å². The summed E-state index contributed by atoms with van der Waals surface area (Å²) < 4.78 is 26.7. The van der Waals surface area contributed by atoms with Crippen molar-refractivity contribution in [3.8, 4) is 0 Å². The monoisotopic (exact) mass is 356 g/mol. The third-order valence-electron chi connectivity index (χ3n) is 4.68. The van der Waals surface area contributed by atoms with Crippen molar-refractivity contribution in [3.05, 3.63) is 34.9 Å². The summed E-state index contributed by atoms with van der Waals surface area (Å²) in [5.41, 5.74) is 0.546. The fourth-order valence-corrected chi connectivity index (χ4v) is 5.56. The van der Waals surface area contributed by atoms with Gasteiger partial charge in [0, 0.05) is 36.8 Å². The minimum atomic E-state index is -3.21. The number of carbonyl (C=O) groups is 1. The lowest BCUT2D eigenvalue weighted by molar-refractivity contribution is 0.0697. The molecule has 1 amide bonds. The first-order chi connectivity index (χ1) is 11.0. The normalized spacial score (nSPS) is 20.8. The molecule has 5 nitrogen and oxygen atoms in total. The highest BCUT2D eigenvalue weighted by molar-refractivity contribution is 7.89. The Kier molecular flexibility index (Phi) is 4.94. The van der Waals surface area contributed by atoms with E-state index < -0.39 is 10.0 Å². The number of hydrogen-bond donors (Lipinski definition) is 0. The molecule has 0 spiro atoms. The zero-order chi connectivity index (χ0) is 16.4. The third-order valence-corrected chi connectivity index (χ3v) is 7.31. The van der Waals surface area contributed by atoms with Crippen LogP contribution in [0.1, 0.15) is 36.0 Å². The van der Waals surface area contributed by atoms with Gasteiger partial charge >= 0.3 is 0 Å². The van der Waals surface area contributed by atoms with Crippen LogP contribution < -0.4 is 0 Å². The van der Waals surface area contributed by atoms with Crippen molar-refractivity contribution in [2.24, 2.45) is 0 Å². The summed E-state index contributed by atoms with van der Waals surface area (Å²) in [4.78, 5) is 14.2. The van der Waals surface area contributed by atoms with Crippen LogP contribution in [0.3, 0.4) is 0 Å². The molecule has 0 radical (unpaired) electrons. The predicted octanol–water partition coefficient (Wildman–Crippen LogP) is 2.37. The van der Waals surface area contributed by atoms with Gasteiger partial charge in [-0.05, 0) is 31.0 Å². The third kappa shape index (κ3) is 3.54. The molecular weight excluding hydrogens is 336 g/mol. The molecule has 1 aliphatic heterocycles. The largest absolute Gasteiger partial charge is 0.336 e. The molecule has 126 valence electrons. The highest BCUT2D eigenvalue weighted by Crippen LogP contribution is 2.27. The average Bonchev–Trinajstić information content (AvgIpc) is 3.09. The molecule has 1 heterocycles. The van der Waals surface area contributed by atoms with Gasteiger partial charge in [0.1, 0.15) is 0 Å². The summed E-state index contributed by atoms with van der Waals surface area (Å²) in [6.45, 7) is 1.62. The van der Waals surface area contributed by atoms with Crippen molar-refractivity contribution in [3.63, 3.8) is 0 Å². The van der Waals surface area contributed by atoms with Gasteiger partial charge in [0.05, 0.1) is 5.25 Å². The van der Waals surface area contributed by atoms with Gasteiger partial charge in [-0.1, -0.05) is 30.5 Å². The molecule has 0 N–H and O–H groups in total. The Morgan fingerprint density at radius 1 is 1.09 bits per heavy atom. The molecule has 0 unspecified atom stereocenters. The Balaban J connectivity index is 1.63. The second kappa shape index (κ2) is 6.79. The molecule has 1 saturated heterocycles. The van der Waals surface area contributed by atoms with Crippen LogP contribution in [-0.4, -0.2) is 55.0 Å². The summed E-state index contributed by atoms with van der Waals surface area (Å²) in [6, 6.07) is 6.85. The molecule has 1 aromatic carbocycles. The number of nitrogens with zero attached hydrogens (tertiary/aromatic N) is 2. The minimum Gasteiger partial charge on any atom is -0.336 e. The Morgan fingerprint density at radius 3 is 2.35 bits per heavy atom. The van der Waals surface area contributed by atoms with Crippen molar-refractivity contribution in [2.45, 2.75) is 30.9 Å². The smallest absolute Gasteiger partial charge is 0.253 e. The zero-order valence-electron chi connectivity index (χ0n) is 12.9. The molecule has 1 aromatic rings. The fourth-order valence-electron chi connectivity index (χ4n) is 3.35. The molecule has 3 rings (SSSR count). The van der Waals surface area contributed by atoms with Crippen molar-refractivity contribution < 1.29 is 13.2 Å². The van der Waals surface area contributed by atoms with Crippen LogP contribution in [-0.2, 0) is 10.0 Å². The number of amides is 1. The molecule has 2 fully saturated rings. The van der Waals surface area contributed by atoms with Crippen molar-refractivity contribution in [1.29, 1.82) is 0 Å². The number of hydrogen-bond acceptors (Lipinski definition) is 3. The lowest BCUT2D eigenvalue weighted by Crippen LogP contribution is -2.52. The van der Waals surface area contributed by atoms with Crippen LogP contribution in [0.4, 0.5) is 0 Å². The average molecular weight is 357 g/mol. The maximum absolute atomic E-state index is 12.6. The first kappa shape index (κ1) is 16.7. The summed E-state index contributed by atoms with van der Waals surface area (Å²) in [5, 5.41) is 0.302. The highest BCUT2D eigenvalue weighted by atomic mass is 35.5. The van der Waals surface area contributed by atoms with Gasteiger partial charge in [-0.25, -0.2) is 8.42 Å². The maximum Gasteiger partial charge on any atom is 0.253 e. The molecule has 1 saturated carbocycles. The van der Waals surface area contributed by atoms with E-state index in [4.69, 9.17) is 11.6 Å². The molecule has 2 aliphatic rings. The molecule has 0 atom stereocenters. The van der Waals surface area contributed by atoms with Crippen LogP contribution in [0, 0.1) is 0 Å². The first-order valence-electron chi connectivity index (χ1n) is 8.02. The van der Waals surface area contributed by atoms with E-state index in [0.29, 0.717) is 36.8 Å². The van der Waals surface area contributed by atoms with Gasteiger partial charge in [0.15, 0.2) is 0 Å². The number of rotatable bonds is 3. The number of benzene rings is 1. The second-order valence-corrected chi connectivity index (χ2v) is 8.80.